The molecule has 0 radical (unpaired) electrons. The molecule has 1 unspecified atom stereocenters. The standard InChI is InChI=1S/C16H19N3/c1-3-19(11-13(2)10-17)12-14-8-9-18-16-7-5-4-6-15(14)16/h4-9,13H,3,11-12H2,1-2H3. The van der Waals surface area contributed by atoms with Gasteiger partial charge in [-0.05, 0) is 31.2 Å². The van der Waals surface area contributed by atoms with Gasteiger partial charge in [0.2, 0.25) is 0 Å². The van der Waals surface area contributed by atoms with Gasteiger partial charge in [0.25, 0.3) is 0 Å². The molecule has 0 bridgehead atoms. The number of hydrogen-bond acceptors (Lipinski definition) is 3. The molecule has 0 amide bonds. The highest BCUT2D eigenvalue weighted by Crippen LogP contribution is 2.18. The molecule has 0 saturated heterocycles. The van der Waals surface area contributed by atoms with Crippen LogP contribution in [0, 0.1) is 17.2 Å². The molecule has 1 aromatic heterocycles. The summed E-state index contributed by atoms with van der Waals surface area (Å²) in [5.41, 5.74) is 2.31. The minimum Gasteiger partial charge on any atom is -0.298 e. The van der Waals surface area contributed by atoms with E-state index in [9.17, 15) is 0 Å². The van der Waals surface area contributed by atoms with Gasteiger partial charge >= 0.3 is 0 Å². The average Bonchev–Trinajstić information content (AvgIpc) is 2.46. The van der Waals surface area contributed by atoms with Crippen LogP contribution in [0.4, 0.5) is 0 Å². The van der Waals surface area contributed by atoms with Crippen molar-refractivity contribution in [2.24, 2.45) is 5.92 Å². The van der Waals surface area contributed by atoms with Crippen molar-refractivity contribution >= 4 is 10.9 Å². The third kappa shape index (κ3) is 3.30. The molecule has 0 aliphatic heterocycles. The van der Waals surface area contributed by atoms with Crippen LogP contribution in [-0.2, 0) is 6.54 Å². The maximum Gasteiger partial charge on any atom is 0.0705 e. The molecule has 1 heterocycles. The number of pyridine rings is 1. The zero-order valence-corrected chi connectivity index (χ0v) is 11.5. The Kier molecular flexibility index (Phi) is 4.48. The number of nitriles is 1. The van der Waals surface area contributed by atoms with Gasteiger partial charge in [-0.25, -0.2) is 0 Å². The summed E-state index contributed by atoms with van der Waals surface area (Å²) < 4.78 is 0. The second-order valence-electron chi connectivity index (χ2n) is 4.85. The molecule has 3 heteroatoms. The largest absolute Gasteiger partial charge is 0.298 e. The van der Waals surface area contributed by atoms with Gasteiger partial charge in [-0.2, -0.15) is 5.26 Å². The molecule has 1 atom stereocenters. The van der Waals surface area contributed by atoms with E-state index in [4.69, 9.17) is 5.26 Å². The molecule has 0 aliphatic carbocycles. The Morgan fingerprint density at radius 1 is 1.32 bits per heavy atom. The summed E-state index contributed by atoms with van der Waals surface area (Å²) >= 11 is 0. The number of benzene rings is 1. The number of para-hydroxylation sites is 1. The van der Waals surface area contributed by atoms with Crippen LogP contribution in [0.15, 0.2) is 36.5 Å². The monoisotopic (exact) mass is 253 g/mol. The lowest BCUT2D eigenvalue weighted by Crippen LogP contribution is -2.27. The first-order chi connectivity index (χ1) is 9.24. The summed E-state index contributed by atoms with van der Waals surface area (Å²) in [6.07, 6.45) is 1.86. The molecule has 0 aliphatic rings. The Morgan fingerprint density at radius 3 is 2.84 bits per heavy atom. The Bertz CT molecular complexity index is 581. The summed E-state index contributed by atoms with van der Waals surface area (Å²) in [6, 6.07) is 12.6. The van der Waals surface area contributed by atoms with Crippen molar-refractivity contribution in [1.29, 1.82) is 5.26 Å². The summed E-state index contributed by atoms with van der Waals surface area (Å²) in [5, 5.41) is 10.1. The van der Waals surface area contributed by atoms with Crippen LogP contribution >= 0.6 is 0 Å². The molecule has 0 spiro atoms. The molecule has 0 fully saturated rings. The van der Waals surface area contributed by atoms with Gasteiger partial charge in [-0.1, -0.05) is 25.1 Å². The van der Waals surface area contributed by atoms with E-state index in [1.165, 1.54) is 10.9 Å². The average molecular weight is 253 g/mol. The van der Waals surface area contributed by atoms with Gasteiger partial charge in [0.15, 0.2) is 0 Å². The van der Waals surface area contributed by atoms with Crippen molar-refractivity contribution in [2.75, 3.05) is 13.1 Å². The Morgan fingerprint density at radius 2 is 2.11 bits per heavy atom. The summed E-state index contributed by atoms with van der Waals surface area (Å²) in [6.45, 7) is 6.72. The van der Waals surface area contributed by atoms with Crippen LogP contribution in [0.25, 0.3) is 10.9 Å². The van der Waals surface area contributed by atoms with Crippen molar-refractivity contribution < 1.29 is 0 Å². The highest BCUT2D eigenvalue weighted by atomic mass is 15.1. The van der Waals surface area contributed by atoms with Gasteiger partial charge in [0, 0.05) is 24.7 Å². The van der Waals surface area contributed by atoms with E-state index in [0.717, 1.165) is 25.2 Å². The zero-order chi connectivity index (χ0) is 13.7. The minimum atomic E-state index is 0.0630. The Balaban J connectivity index is 2.22. The fraction of sp³-hybridized carbons (Fsp3) is 0.375. The molecule has 19 heavy (non-hydrogen) atoms. The first-order valence-corrected chi connectivity index (χ1v) is 6.69. The first-order valence-electron chi connectivity index (χ1n) is 6.69. The lowest BCUT2D eigenvalue weighted by atomic mass is 10.1. The van der Waals surface area contributed by atoms with Gasteiger partial charge in [-0.15, -0.1) is 0 Å². The molecule has 3 nitrogen and oxygen atoms in total. The van der Waals surface area contributed by atoms with Crippen molar-refractivity contribution in [3.8, 4) is 6.07 Å². The van der Waals surface area contributed by atoms with E-state index >= 15 is 0 Å². The molecule has 98 valence electrons. The van der Waals surface area contributed by atoms with Crippen LogP contribution in [0.5, 0.6) is 0 Å². The van der Waals surface area contributed by atoms with E-state index in [2.05, 4.69) is 35.0 Å². The fourth-order valence-electron chi connectivity index (χ4n) is 2.27. The Hall–Kier alpha value is -1.92. The molecule has 1 aromatic carbocycles. The lowest BCUT2D eigenvalue weighted by Gasteiger charge is -2.22. The molecule has 2 rings (SSSR count). The molecular weight excluding hydrogens is 234 g/mol. The highest BCUT2D eigenvalue weighted by Gasteiger charge is 2.10. The molecule has 0 saturated carbocycles. The summed E-state index contributed by atoms with van der Waals surface area (Å²) in [5.74, 6) is 0.0630. The second kappa shape index (κ2) is 6.31. The SMILES string of the molecule is CCN(Cc1ccnc2ccccc12)CC(C)C#N. The van der Waals surface area contributed by atoms with Crippen molar-refractivity contribution in [2.45, 2.75) is 20.4 Å². The topological polar surface area (TPSA) is 39.9 Å². The predicted octanol–water partition coefficient (Wildman–Crippen LogP) is 3.22. The predicted molar refractivity (Wildman–Crippen MR) is 77.5 cm³/mol. The van der Waals surface area contributed by atoms with Crippen LogP contribution in [0.1, 0.15) is 19.4 Å². The van der Waals surface area contributed by atoms with Gasteiger partial charge in [0.1, 0.15) is 0 Å². The number of rotatable bonds is 5. The van der Waals surface area contributed by atoms with Gasteiger partial charge < -0.3 is 0 Å². The minimum absolute atomic E-state index is 0.0630. The van der Waals surface area contributed by atoms with Crippen molar-refractivity contribution in [3.05, 3.63) is 42.1 Å². The van der Waals surface area contributed by atoms with Gasteiger partial charge in [0.05, 0.1) is 17.5 Å². The summed E-state index contributed by atoms with van der Waals surface area (Å²) in [7, 11) is 0. The fourth-order valence-corrected chi connectivity index (χ4v) is 2.27. The van der Waals surface area contributed by atoms with E-state index in [-0.39, 0.29) is 5.92 Å². The van der Waals surface area contributed by atoms with E-state index in [1.54, 1.807) is 0 Å². The van der Waals surface area contributed by atoms with Crippen molar-refractivity contribution in [3.63, 3.8) is 0 Å². The third-order valence-corrected chi connectivity index (χ3v) is 3.33. The second-order valence-corrected chi connectivity index (χ2v) is 4.85. The number of aromatic nitrogens is 1. The van der Waals surface area contributed by atoms with Gasteiger partial charge in [-0.3, -0.25) is 9.88 Å². The van der Waals surface area contributed by atoms with Crippen LogP contribution in [-0.4, -0.2) is 23.0 Å². The lowest BCUT2D eigenvalue weighted by molar-refractivity contribution is 0.261. The third-order valence-electron chi connectivity index (χ3n) is 3.33. The molecule has 0 N–H and O–H groups in total. The van der Waals surface area contributed by atoms with Crippen LogP contribution in [0.3, 0.4) is 0 Å². The Labute approximate surface area is 114 Å². The van der Waals surface area contributed by atoms with Crippen LogP contribution in [0.2, 0.25) is 0 Å². The molecule has 2 aromatic rings. The summed E-state index contributed by atoms with van der Waals surface area (Å²) in [4.78, 5) is 6.68. The normalized spacial score (nSPS) is 12.5. The molecular formula is C16H19N3. The maximum atomic E-state index is 8.93. The zero-order valence-electron chi connectivity index (χ0n) is 11.5. The van der Waals surface area contributed by atoms with E-state index < -0.39 is 0 Å². The van der Waals surface area contributed by atoms with Crippen LogP contribution < -0.4 is 0 Å². The smallest absolute Gasteiger partial charge is 0.0705 e. The number of nitrogens with zero attached hydrogens (tertiary/aromatic N) is 3. The van der Waals surface area contributed by atoms with E-state index in [1.807, 2.05) is 31.3 Å². The quantitative estimate of drug-likeness (QED) is 0.821. The number of fused-ring (bicyclic) bond motifs is 1. The first kappa shape index (κ1) is 13.5. The van der Waals surface area contributed by atoms with Crippen molar-refractivity contribution in [1.82, 2.24) is 9.88 Å². The van der Waals surface area contributed by atoms with E-state index in [0.29, 0.717) is 0 Å². The maximum absolute atomic E-state index is 8.93. The highest BCUT2D eigenvalue weighted by molar-refractivity contribution is 5.81. The number of hydrogen-bond donors (Lipinski definition) is 0.